The summed E-state index contributed by atoms with van der Waals surface area (Å²) in [6, 6.07) is 3.56. The van der Waals surface area contributed by atoms with E-state index >= 15 is 0 Å². The van der Waals surface area contributed by atoms with Gasteiger partial charge in [-0.15, -0.1) is 0 Å². The summed E-state index contributed by atoms with van der Waals surface area (Å²) in [6.07, 6.45) is 6.99. The highest BCUT2D eigenvalue weighted by Crippen LogP contribution is 2.65. The second-order valence-corrected chi connectivity index (χ2v) is 8.48. The number of benzene rings is 1. The number of imide groups is 1. The van der Waals surface area contributed by atoms with E-state index in [1.54, 1.807) is 20.3 Å². The maximum atomic E-state index is 12.9. The number of methoxy groups -OCH3 is 2. The molecule has 6 nitrogen and oxygen atoms in total. The molecule has 6 rings (SSSR count). The van der Waals surface area contributed by atoms with Crippen LogP contribution in [0.5, 0.6) is 11.5 Å². The lowest BCUT2D eigenvalue weighted by molar-refractivity contribution is -0.140. The number of hydrogen-bond donors (Lipinski definition) is 0. The molecule has 3 fully saturated rings. The second kappa shape index (κ2) is 5.92. The molecule has 1 heterocycles. The van der Waals surface area contributed by atoms with Crippen LogP contribution in [0, 0.1) is 35.5 Å². The quantitative estimate of drug-likeness (QED) is 0.418. The smallest absolute Gasteiger partial charge is 0.254 e. The molecule has 0 unspecified atom stereocenters. The summed E-state index contributed by atoms with van der Waals surface area (Å²) >= 11 is 3.44. The normalized spacial score (nSPS) is 35.6. The monoisotopic (exact) mass is 430 g/mol. The van der Waals surface area contributed by atoms with Crippen LogP contribution in [-0.4, -0.2) is 37.3 Å². The first-order valence-corrected chi connectivity index (χ1v) is 9.86. The zero-order valence-electron chi connectivity index (χ0n) is 15.0. The largest absolute Gasteiger partial charge is 0.493 e. The molecule has 0 aromatic heterocycles. The highest BCUT2D eigenvalue weighted by atomic mass is 79.9. The van der Waals surface area contributed by atoms with Gasteiger partial charge in [0, 0.05) is 0 Å². The average molecular weight is 431 g/mol. The van der Waals surface area contributed by atoms with Crippen molar-refractivity contribution in [2.24, 2.45) is 40.6 Å². The molecule has 1 aliphatic heterocycles. The highest BCUT2D eigenvalue weighted by Gasteiger charge is 2.67. The third kappa shape index (κ3) is 2.33. The Labute approximate surface area is 165 Å². The number of halogens is 1. The number of carbonyl (C=O) groups excluding carboxylic acids is 2. The van der Waals surface area contributed by atoms with Crippen molar-refractivity contribution in [1.82, 2.24) is 5.01 Å². The second-order valence-electron chi connectivity index (χ2n) is 7.63. The van der Waals surface area contributed by atoms with E-state index in [9.17, 15) is 9.59 Å². The average Bonchev–Trinajstić information content (AvgIpc) is 3.45. The van der Waals surface area contributed by atoms with Crippen molar-refractivity contribution < 1.29 is 19.1 Å². The third-order valence-corrected chi connectivity index (χ3v) is 7.01. The molecule has 4 aliphatic carbocycles. The molecule has 0 N–H and O–H groups in total. The predicted molar refractivity (Wildman–Crippen MR) is 101 cm³/mol. The van der Waals surface area contributed by atoms with Gasteiger partial charge in [0.15, 0.2) is 11.5 Å². The molecule has 7 heteroatoms. The summed E-state index contributed by atoms with van der Waals surface area (Å²) in [5.41, 5.74) is 0.707. The van der Waals surface area contributed by atoms with E-state index in [0.29, 0.717) is 33.4 Å². The van der Waals surface area contributed by atoms with Crippen LogP contribution in [0.15, 0.2) is 33.9 Å². The maximum Gasteiger partial charge on any atom is 0.254 e. The lowest BCUT2D eigenvalue weighted by Crippen LogP contribution is -2.40. The van der Waals surface area contributed by atoms with Crippen molar-refractivity contribution in [2.75, 3.05) is 14.2 Å². The maximum absolute atomic E-state index is 12.9. The lowest BCUT2D eigenvalue weighted by atomic mass is 9.63. The number of ether oxygens (including phenoxy) is 2. The first kappa shape index (κ1) is 17.0. The summed E-state index contributed by atoms with van der Waals surface area (Å²) in [5, 5.41) is 5.33. The van der Waals surface area contributed by atoms with Crippen LogP contribution in [0.4, 0.5) is 0 Å². The summed E-state index contributed by atoms with van der Waals surface area (Å²) in [4.78, 5) is 25.8. The van der Waals surface area contributed by atoms with Gasteiger partial charge in [-0.3, -0.25) is 9.59 Å². The van der Waals surface area contributed by atoms with Crippen molar-refractivity contribution in [2.45, 2.75) is 6.42 Å². The number of carbonyl (C=O) groups is 2. The molecule has 2 amide bonds. The van der Waals surface area contributed by atoms with E-state index in [0.717, 1.165) is 11.4 Å². The van der Waals surface area contributed by atoms with Crippen molar-refractivity contribution in [3.63, 3.8) is 0 Å². The standard InChI is InChI=1S/C20H19BrN2O4/c1-26-15-6-9(5-14(21)18(15)27-2)8-22-23-19(24)16-10-3-4-11(13-7-12(10)13)17(16)20(23)25/h3-6,8,10-13,16-17H,7H2,1-2H3/b22-8-/t10-,11+,12-,13-,16+,17-/m1/s1. The van der Waals surface area contributed by atoms with E-state index in [1.165, 1.54) is 6.21 Å². The third-order valence-electron chi connectivity index (χ3n) is 6.42. The highest BCUT2D eigenvalue weighted by molar-refractivity contribution is 9.10. The predicted octanol–water partition coefficient (Wildman–Crippen LogP) is 2.85. The number of hydrogen-bond acceptors (Lipinski definition) is 5. The van der Waals surface area contributed by atoms with Crippen molar-refractivity contribution in [3.8, 4) is 11.5 Å². The van der Waals surface area contributed by atoms with Crippen LogP contribution in [0.2, 0.25) is 0 Å². The topological polar surface area (TPSA) is 68.2 Å². The molecule has 1 saturated heterocycles. The van der Waals surface area contributed by atoms with Gasteiger partial charge in [-0.1, -0.05) is 12.2 Å². The Bertz CT molecular complexity index is 875. The molecule has 6 atom stereocenters. The van der Waals surface area contributed by atoms with Gasteiger partial charge in [-0.25, -0.2) is 0 Å². The minimum Gasteiger partial charge on any atom is -0.493 e. The molecule has 0 radical (unpaired) electrons. The van der Waals surface area contributed by atoms with Gasteiger partial charge in [-0.05, 0) is 63.7 Å². The zero-order chi connectivity index (χ0) is 18.9. The van der Waals surface area contributed by atoms with E-state index in [4.69, 9.17) is 9.47 Å². The molecule has 1 aromatic carbocycles. The van der Waals surface area contributed by atoms with Gasteiger partial charge in [-0.2, -0.15) is 10.1 Å². The first-order valence-electron chi connectivity index (χ1n) is 9.06. The Morgan fingerprint density at radius 3 is 2.26 bits per heavy atom. The van der Waals surface area contributed by atoms with Gasteiger partial charge in [0.1, 0.15) is 0 Å². The number of amides is 2. The molecule has 27 heavy (non-hydrogen) atoms. The SMILES string of the molecule is COc1cc(/C=N\N2C(=O)[C@@H]3[C@H]4C=C[C@H]([C@H]5C[C@H]45)[C@@H]3C2=O)cc(Br)c1OC. The van der Waals surface area contributed by atoms with Crippen LogP contribution >= 0.6 is 15.9 Å². The molecular formula is C20H19BrN2O4. The lowest BCUT2D eigenvalue weighted by Gasteiger charge is -2.37. The van der Waals surface area contributed by atoms with Crippen molar-refractivity contribution >= 4 is 34.0 Å². The number of allylic oxidation sites excluding steroid dienone is 2. The first-order chi connectivity index (χ1) is 13.0. The summed E-state index contributed by atoms with van der Waals surface area (Å²) in [7, 11) is 3.12. The minimum absolute atomic E-state index is 0.162. The fourth-order valence-corrected chi connectivity index (χ4v) is 5.81. The Morgan fingerprint density at radius 1 is 1.07 bits per heavy atom. The van der Waals surface area contributed by atoms with Gasteiger partial charge >= 0.3 is 0 Å². The summed E-state index contributed by atoms with van der Waals surface area (Å²) < 4.78 is 11.3. The fraction of sp³-hybridized carbons (Fsp3) is 0.450. The number of rotatable bonds is 4. The van der Waals surface area contributed by atoms with Crippen LogP contribution < -0.4 is 9.47 Å². The Kier molecular flexibility index (Phi) is 3.73. The summed E-state index contributed by atoms with van der Waals surface area (Å²) in [5.74, 6) is 1.92. The Hall–Kier alpha value is -2.15. The zero-order valence-corrected chi connectivity index (χ0v) is 16.5. The summed E-state index contributed by atoms with van der Waals surface area (Å²) in [6.45, 7) is 0. The van der Waals surface area contributed by atoms with E-state index in [2.05, 4.69) is 33.2 Å². The van der Waals surface area contributed by atoms with Crippen LogP contribution in [0.25, 0.3) is 0 Å². The van der Waals surface area contributed by atoms with Crippen LogP contribution in [0.1, 0.15) is 12.0 Å². The van der Waals surface area contributed by atoms with Gasteiger partial charge in [0.05, 0.1) is 36.7 Å². The van der Waals surface area contributed by atoms with Crippen LogP contribution in [0.3, 0.4) is 0 Å². The van der Waals surface area contributed by atoms with Gasteiger partial charge in [0.2, 0.25) is 0 Å². The molecular weight excluding hydrogens is 412 g/mol. The molecule has 2 saturated carbocycles. The van der Waals surface area contributed by atoms with E-state index in [1.807, 2.05) is 6.07 Å². The van der Waals surface area contributed by atoms with Crippen molar-refractivity contribution in [3.05, 3.63) is 34.3 Å². The van der Waals surface area contributed by atoms with Crippen LogP contribution in [-0.2, 0) is 9.59 Å². The number of nitrogens with zero attached hydrogens (tertiary/aromatic N) is 2. The van der Waals surface area contributed by atoms with Gasteiger partial charge in [0.25, 0.3) is 11.8 Å². The molecule has 140 valence electrons. The van der Waals surface area contributed by atoms with E-state index in [-0.39, 0.29) is 35.5 Å². The van der Waals surface area contributed by atoms with Crippen molar-refractivity contribution in [1.29, 1.82) is 0 Å². The molecule has 2 bridgehead atoms. The Balaban J connectivity index is 1.43. The Morgan fingerprint density at radius 2 is 1.70 bits per heavy atom. The van der Waals surface area contributed by atoms with E-state index < -0.39 is 0 Å². The van der Waals surface area contributed by atoms with Gasteiger partial charge < -0.3 is 9.47 Å². The number of hydrazone groups is 1. The minimum atomic E-state index is -0.231. The molecule has 1 aromatic rings. The molecule has 0 spiro atoms. The fourth-order valence-electron chi connectivity index (χ4n) is 5.19. The molecule has 5 aliphatic rings.